The molecule has 0 aliphatic carbocycles. The first kappa shape index (κ1) is 13.4. The normalized spacial score (nSPS) is 12.5. The van der Waals surface area contributed by atoms with E-state index < -0.39 is 4.92 Å². The lowest BCUT2D eigenvalue weighted by Crippen LogP contribution is -2.34. The van der Waals surface area contributed by atoms with Crippen LogP contribution in [0, 0.1) is 17.0 Å². The van der Waals surface area contributed by atoms with Crippen LogP contribution < -0.4 is 4.90 Å². The Morgan fingerprint density at radius 2 is 2.24 bits per heavy atom. The fourth-order valence-corrected chi connectivity index (χ4v) is 1.67. The van der Waals surface area contributed by atoms with Crippen LogP contribution in [0.15, 0.2) is 0 Å². The molecule has 0 spiro atoms. The highest BCUT2D eigenvalue weighted by atomic mass is 16.6. The molecule has 0 aromatic carbocycles. The van der Waals surface area contributed by atoms with Crippen molar-refractivity contribution in [2.75, 3.05) is 18.6 Å². The Morgan fingerprint density at radius 3 is 2.65 bits per heavy atom. The second-order valence-corrected chi connectivity index (χ2v) is 3.97. The van der Waals surface area contributed by atoms with Gasteiger partial charge in [-0.1, -0.05) is 0 Å². The van der Waals surface area contributed by atoms with Crippen molar-refractivity contribution in [2.24, 2.45) is 0 Å². The molecule has 1 atom stereocenters. The van der Waals surface area contributed by atoms with Crippen LogP contribution in [-0.2, 0) is 6.54 Å². The van der Waals surface area contributed by atoms with Gasteiger partial charge in [0.05, 0.1) is 17.6 Å². The Hall–Kier alpha value is -1.63. The Morgan fingerprint density at radius 1 is 1.65 bits per heavy atom. The fourth-order valence-electron chi connectivity index (χ4n) is 1.67. The van der Waals surface area contributed by atoms with Gasteiger partial charge in [-0.2, -0.15) is 5.10 Å². The van der Waals surface area contributed by atoms with Crippen LogP contribution in [0.5, 0.6) is 0 Å². The number of hydrogen-bond acceptors (Lipinski definition) is 5. The van der Waals surface area contributed by atoms with Crippen molar-refractivity contribution in [1.29, 1.82) is 0 Å². The maximum atomic E-state index is 11.1. The summed E-state index contributed by atoms with van der Waals surface area (Å²) in [5.74, 6) is 0.441. The molecule has 0 radical (unpaired) electrons. The molecule has 0 amide bonds. The SMILES string of the molecule is CCn1nc(C)c([N+](=O)[O-])c1N(C)C(C)CO. The zero-order valence-corrected chi connectivity index (χ0v) is 10.5. The zero-order valence-electron chi connectivity index (χ0n) is 10.5. The molecule has 17 heavy (non-hydrogen) atoms. The van der Waals surface area contributed by atoms with Crippen molar-refractivity contribution >= 4 is 11.5 Å². The lowest BCUT2D eigenvalue weighted by Gasteiger charge is -2.24. The van der Waals surface area contributed by atoms with Gasteiger partial charge in [0.1, 0.15) is 5.69 Å². The summed E-state index contributed by atoms with van der Waals surface area (Å²) in [5, 5.41) is 24.3. The third-order valence-electron chi connectivity index (χ3n) is 2.81. The van der Waals surface area contributed by atoms with Crippen LogP contribution >= 0.6 is 0 Å². The molecular weight excluding hydrogens is 224 g/mol. The number of aryl methyl sites for hydroxylation is 2. The minimum atomic E-state index is -0.426. The van der Waals surface area contributed by atoms with Gasteiger partial charge in [0, 0.05) is 13.6 Å². The van der Waals surface area contributed by atoms with E-state index in [0.29, 0.717) is 18.1 Å². The van der Waals surface area contributed by atoms with Gasteiger partial charge in [-0.3, -0.25) is 10.1 Å². The third kappa shape index (κ3) is 2.38. The van der Waals surface area contributed by atoms with Crippen molar-refractivity contribution in [2.45, 2.75) is 33.4 Å². The molecule has 0 aliphatic heterocycles. The molecular formula is C10H18N4O3. The molecule has 0 bridgehead atoms. The van der Waals surface area contributed by atoms with Gasteiger partial charge in [0.25, 0.3) is 0 Å². The highest BCUT2D eigenvalue weighted by Gasteiger charge is 2.29. The van der Waals surface area contributed by atoms with E-state index in [4.69, 9.17) is 5.11 Å². The minimum Gasteiger partial charge on any atom is -0.394 e. The second kappa shape index (κ2) is 5.13. The standard InChI is InChI=1S/C10H18N4O3/c1-5-13-10(12(4)7(2)6-15)9(14(16)17)8(3)11-13/h7,15H,5-6H2,1-4H3. The lowest BCUT2D eigenvalue weighted by atomic mass is 10.3. The summed E-state index contributed by atoms with van der Waals surface area (Å²) < 4.78 is 1.58. The summed E-state index contributed by atoms with van der Waals surface area (Å²) >= 11 is 0. The van der Waals surface area contributed by atoms with Gasteiger partial charge in [0.15, 0.2) is 0 Å². The van der Waals surface area contributed by atoms with Crippen LogP contribution in [0.4, 0.5) is 11.5 Å². The molecule has 1 N–H and O–H groups in total. The Balaban J connectivity index is 3.32. The summed E-state index contributed by atoms with van der Waals surface area (Å²) in [4.78, 5) is 12.3. The van der Waals surface area contributed by atoms with Gasteiger partial charge in [0.2, 0.25) is 5.82 Å². The van der Waals surface area contributed by atoms with Gasteiger partial charge < -0.3 is 10.0 Å². The van der Waals surface area contributed by atoms with Crippen molar-refractivity contribution in [3.8, 4) is 0 Å². The number of aliphatic hydroxyl groups excluding tert-OH is 1. The summed E-state index contributed by atoms with van der Waals surface area (Å²) in [6.07, 6.45) is 0. The molecule has 1 aromatic heterocycles. The first-order valence-electron chi connectivity index (χ1n) is 5.49. The minimum absolute atomic E-state index is 0.00894. The van der Waals surface area contributed by atoms with Crippen LogP contribution in [-0.4, -0.2) is 39.5 Å². The van der Waals surface area contributed by atoms with Gasteiger partial charge in [-0.05, 0) is 20.8 Å². The number of nitro groups is 1. The van der Waals surface area contributed by atoms with E-state index in [0.717, 1.165) is 0 Å². The number of aromatic nitrogens is 2. The summed E-state index contributed by atoms with van der Waals surface area (Å²) in [7, 11) is 1.72. The van der Waals surface area contributed by atoms with E-state index in [-0.39, 0.29) is 18.3 Å². The monoisotopic (exact) mass is 242 g/mol. The molecule has 7 nitrogen and oxygen atoms in total. The van der Waals surface area contributed by atoms with Gasteiger partial charge >= 0.3 is 5.69 Å². The number of hydrogen-bond donors (Lipinski definition) is 1. The average molecular weight is 242 g/mol. The highest BCUT2D eigenvalue weighted by molar-refractivity contribution is 5.61. The summed E-state index contributed by atoms with van der Waals surface area (Å²) in [6, 6.07) is -0.199. The molecule has 0 saturated heterocycles. The Kier molecular flexibility index (Phi) is 4.06. The van der Waals surface area contributed by atoms with Crippen LogP contribution in [0.25, 0.3) is 0 Å². The number of anilines is 1. The smallest absolute Gasteiger partial charge is 0.333 e. The van der Waals surface area contributed by atoms with Gasteiger partial charge in [-0.15, -0.1) is 0 Å². The maximum absolute atomic E-state index is 11.1. The first-order chi connectivity index (χ1) is 7.93. The molecule has 96 valence electrons. The predicted octanol–water partition coefficient (Wildman–Crippen LogP) is 0.937. The molecule has 1 aromatic rings. The maximum Gasteiger partial charge on any atom is 0.333 e. The molecule has 1 unspecified atom stereocenters. The molecule has 1 heterocycles. The van der Waals surface area contributed by atoms with Crippen LogP contribution in [0.2, 0.25) is 0 Å². The third-order valence-corrected chi connectivity index (χ3v) is 2.81. The summed E-state index contributed by atoms with van der Waals surface area (Å²) in [5.41, 5.74) is 0.401. The van der Waals surface area contributed by atoms with Crippen molar-refractivity contribution < 1.29 is 10.0 Å². The van der Waals surface area contributed by atoms with Crippen LogP contribution in [0.3, 0.4) is 0 Å². The van der Waals surface area contributed by atoms with E-state index >= 15 is 0 Å². The second-order valence-electron chi connectivity index (χ2n) is 3.97. The average Bonchev–Trinajstić information content (AvgIpc) is 2.63. The highest BCUT2D eigenvalue weighted by Crippen LogP contribution is 2.31. The van der Waals surface area contributed by atoms with E-state index in [2.05, 4.69) is 5.10 Å². The first-order valence-corrected chi connectivity index (χ1v) is 5.49. The van der Waals surface area contributed by atoms with Crippen molar-refractivity contribution in [3.05, 3.63) is 15.8 Å². The molecule has 7 heteroatoms. The van der Waals surface area contributed by atoms with Crippen molar-refractivity contribution in [3.63, 3.8) is 0 Å². The fraction of sp³-hybridized carbons (Fsp3) is 0.700. The van der Waals surface area contributed by atoms with E-state index in [9.17, 15) is 10.1 Å². The molecule has 1 rings (SSSR count). The predicted molar refractivity (Wildman–Crippen MR) is 64.2 cm³/mol. The number of rotatable bonds is 5. The number of nitrogens with zero attached hydrogens (tertiary/aromatic N) is 4. The Bertz CT molecular complexity index is 416. The van der Waals surface area contributed by atoms with Gasteiger partial charge in [-0.25, -0.2) is 4.68 Å². The molecule has 0 aliphatic rings. The topological polar surface area (TPSA) is 84.4 Å². The van der Waals surface area contributed by atoms with E-state index in [1.807, 2.05) is 6.92 Å². The Labute approximate surface area is 99.8 Å². The number of aliphatic hydroxyl groups is 1. The molecule has 0 fully saturated rings. The largest absolute Gasteiger partial charge is 0.394 e. The van der Waals surface area contributed by atoms with E-state index in [1.54, 1.807) is 30.5 Å². The summed E-state index contributed by atoms with van der Waals surface area (Å²) in [6.45, 7) is 5.77. The van der Waals surface area contributed by atoms with E-state index in [1.165, 1.54) is 0 Å². The lowest BCUT2D eigenvalue weighted by molar-refractivity contribution is -0.384. The van der Waals surface area contributed by atoms with Crippen LogP contribution in [0.1, 0.15) is 19.5 Å². The number of likely N-dealkylation sites (N-methyl/N-ethyl adjacent to an activating group) is 1. The van der Waals surface area contributed by atoms with Crippen molar-refractivity contribution in [1.82, 2.24) is 9.78 Å². The zero-order chi connectivity index (χ0) is 13.2. The molecule has 0 saturated carbocycles. The quantitative estimate of drug-likeness (QED) is 0.613.